The van der Waals surface area contributed by atoms with E-state index in [2.05, 4.69) is 34.4 Å². The molecule has 28 heavy (non-hydrogen) atoms. The van der Waals surface area contributed by atoms with E-state index in [0.29, 0.717) is 28.9 Å². The summed E-state index contributed by atoms with van der Waals surface area (Å²) >= 11 is 0. The Kier molecular flexibility index (Phi) is 5.74. The molecule has 2 aromatic carbocycles. The lowest BCUT2D eigenvalue weighted by atomic mass is 10.0. The third-order valence-corrected chi connectivity index (χ3v) is 4.08. The van der Waals surface area contributed by atoms with Gasteiger partial charge >= 0.3 is 0 Å². The van der Waals surface area contributed by atoms with Gasteiger partial charge in [-0.25, -0.2) is 4.98 Å². The van der Waals surface area contributed by atoms with Gasteiger partial charge in [0.15, 0.2) is 5.82 Å². The quantitative estimate of drug-likeness (QED) is 0.577. The Hall–Kier alpha value is -3.61. The first-order valence-electron chi connectivity index (χ1n) is 8.95. The zero-order valence-corrected chi connectivity index (χ0v) is 16.1. The lowest BCUT2D eigenvalue weighted by Gasteiger charge is -2.13. The lowest BCUT2D eigenvalue weighted by molar-refractivity contribution is -0.114. The summed E-state index contributed by atoms with van der Waals surface area (Å²) in [5.74, 6) is 1.70. The molecule has 0 unspecified atom stereocenters. The van der Waals surface area contributed by atoms with Gasteiger partial charge in [0.05, 0.1) is 0 Å². The van der Waals surface area contributed by atoms with Crippen molar-refractivity contribution in [1.82, 2.24) is 9.97 Å². The summed E-state index contributed by atoms with van der Waals surface area (Å²) in [5, 5.41) is 5.85. The molecule has 0 saturated carbocycles. The van der Waals surface area contributed by atoms with Gasteiger partial charge in [-0.1, -0.05) is 26.0 Å². The molecule has 7 heteroatoms. The molecule has 0 aliphatic rings. The summed E-state index contributed by atoms with van der Waals surface area (Å²) in [6.45, 7) is 5.74. The molecule has 0 atom stereocenters. The molecule has 0 aliphatic heterocycles. The zero-order valence-electron chi connectivity index (χ0n) is 16.1. The Labute approximate surface area is 164 Å². The first-order valence-corrected chi connectivity index (χ1v) is 8.95. The molecule has 1 amide bonds. The molecule has 0 bridgehead atoms. The molecule has 0 fully saturated rings. The molecule has 0 saturated heterocycles. The average molecular weight is 377 g/mol. The van der Waals surface area contributed by atoms with Gasteiger partial charge in [-0.15, -0.1) is 0 Å². The number of nitrogen functional groups attached to an aromatic ring is 1. The maximum Gasteiger partial charge on any atom is 0.248 e. The van der Waals surface area contributed by atoms with Crippen molar-refractivity contribution >= 4 is 28.8 Å². The van der Waals surface area contributed by atoms with E-state index in [4.69, 9.17) is 10.5 Å². The summed E-state index contributed by atoms with van der Waals surface area (Å²) in [4.78, 5) is 19.4. The second kappa shape index (κ2) is 8.39. The second-order valence-corrected chi connectivity index (χ2v) is 6.65. The van der Waals surface area contributed by atoms with Crippen LogP contribution < -0.4 is 21.1 Å². The molecule has 1 aromatic heterocycles. The van der Waals surface area contributed by atoms with Gasteiger partial charge in [0.2, 0.25) is 11.8 Å². The van der Waals surface area contributed by atoms with E-state index in [-0.39, 0.29) is 11.8 Å². The van der Waals surface area contributed by atoms with Crippen LogP contribution in [0.15, 0.2) is 54.9 Å². The van der Waals surface area contributed by atoms with Gasteiger partial charge in [-0.3, -0.25) is 4.79 Å². The number of carbonyl (C=O) groups excluding carboxylic acids is 1. The van der Waals surface area contributed by atoms with Crippen molar-refractivity contribution < 1.29 is 9.53 Å². The number of benzene rings is 2. The summed E-state index contributed by atoms with van der Waals surface area (Å²) in [6.07, 6.45) is 1.39. The minimum Gasteiger partial charge on any atom is -0.437 e. The van der Waals surface area contributed by atoms with E-state index in [1.54, 1.807) is 12.1 Å². The van der Waals surface area contributed by atoms with Gasteiger partial charge < -0.3 is 21.1 Å². The number of anilines is 4. The van der Waals surface area contributed by atoms with Crippen LogP contribution >= 0.6 is 0 Å². The highest BCUT2D eigenvalue weighted by Crippen LogP contribution is 2.31. The Bertz CT molecular complexity index is 954. The first-order chi connectivity index (χ1) is 13.4. The van der Waals surface area contributed by atoms with Gasteiger partial charge in [-0.05, 0) is 47.9 Å². The Balaban J connectivity index is 1.74. The van der Waals surface area contributed by atoms with Crippen molar-refractivity contribution in [2.45, 2.75) is 26.7 Å². The van der Waals surface area contributed by atoms with Crippen LogP contribution in [0.4, 0.5) is 22.9 Å². The van der Waals surface area contributed by atoms with Crippen LogP contribution in [0.3, 0.4) is 0 Å². The first kappa shape index (κ1) is 19.2. The van der Waals surface area contributed by atoms with Crippen LogP contribution in [-0.4, -0.2) is 15.9 Å². The van der Waals surface area contributed by atoms with Crippen LogP contribution in [0.1, 0.15) is 32.3 Å². The molecule has 1 heterocycles. The van der Waals surface area contributed by atoms with E-state index >= 15 is 0 Å². The number of nitrogens with zero attached hydrogens (tertiary/aromatic N) is 2. The van der Waals surface area contributed by atoms with Crippen molar-refractivity contribution in [2.24, 2.45) is 0 Å². The highest BCUT2D eigenvalue weighted by molar-refractivity contribution is 5.89. The van der Waals surface area contributed by atoms with E-state index in [0.717, 1.165) is 5.69 Å². The Morgan fingerprint density at radius 1 is 1.00 bits per heavy atom. The molecule has 3 rings (SSSR count). The molecular formula is C21H23N5O2. The summed E-state index contributed by atoms with van der Waals surface area (Å²) in [7, 11) is 0. The average Bonchev–Trinajstić information content (AvgIpc) is 2.66. The number of aromatic nitrogens is 2. The van der Waals surface area contributed by atoms with Crippen molar-refractivity contribution in [3.05, 3.63) is 60.4 Å². The maximum absolute atomic E-state index is 11.1. The van der Waals surface area contributed by atoms with Crippen molar-refractivity contribution in [1.29, 1.82) is 0 Å². The Morgan fingerprint density at radius 2 is 1.64 bits per heavy atom. The number of rotatable bonds is 6. The van der Waals surface area contributed by atoms with Crippen LogP contribution in [0, 0.1) is 0 Å². The molecule has 0 spiro atoms. The molecule has 0 aliphatic carbocycles. The molecule has 4 N–H and O–H groups in total. The van der Waals surface area contributed by atoms with Crippen molar-refractivity contribution in [3.8, 4) is 11.6 Å². The number of ether oxygens (including phenoxy) is 1. The third kappa shape index (κ3) is 4.76. The summed E-state index contributed by atoms with van der Waals surface area (Å²) in [5.41, 5.74) is 9.20. The number of hydrogen-bond donors (Lipinski definition) is 3. The molecule has 3 aromatic rings. The monoisotopic (exact) mass is 377 g/mol. The lowest BCUT2D eigenvalue weighted by Crippen LogP contribution is -2.06. The topological polar surface area (TPSA) is 102 Å². The zero-order chi connectivity index (χ0) is 20.1. The predicted octanol–water partition coefficient (Wildman–Crippen LogP) is 4.68. The van der Waals surface area contributed by atoms with E-state index in [1.807, 2.05) is 36.4 Å². The fourth-order valence-corrected chi connectivity index (χ4v) is 2.57. The fraction of sp³-hybridized carbons (Fsp3) is 0.190. The van der Waals surface area contributed by atoms with Gasteiger partial charge in [0, 0.05) is 18.3 Å². The highest BCUT2D eigenvalue weighted by atomic mass is 16.5. The highest BCUT2D eigenvalue weighted by Gasteiger charge is 2.11. The number of nitrogens with one attached hydrogen (secondary N) is 2. The van der Waals surface area contributed by atoms with E-state index < -0.39 is 0 Å². The van der Waals surface area contributed by atoms with E-state index in [1.165, 1.54) is 18.8 Å². The molecule has 144 valence electrons. The molecular weight excluding hydrogens is 354 g/mol. The number of nitrogens with two attached hydrogens (primary N) is 1. The number of amides is 1. The number of carbonyl (C=O) groups is 1. The third-order valence-electron chi connectivity index (χ3n) is 4.08. The van der Waals surface area contributed by atoms with E-state index in [9.17, 15) is 4.79 Å². The largest absolute Gasteiger partial charge is 0.437 e. The molecule has 0 radical (unpaired) electrons. The molecule has 7 nitrogen and oxygen atoms in total. The van der Waals surface area contributed by atoms with Gasteiger partial charge in [-0.2, -0.15) is 4.98 Å². The van der Waals surface area contributed by atoms with Crippen LogP contribution in [0.25, 0.3) is 0 Å². The van der Waals surface area contributed by atoms with Gasteiger partial charge in [0.1, 0.15) is 17.8 Å². The second-order valence-electron chi connectivity index (χ2n) is 6.65. The SMILES string of the molecule is CC(=O)Nc1ccc(Nc2ncnc(Oc3ccc(C(C)C)cc3)c2N)cc1. The summed E-state index contributed by atoms with van der Waals surface area (Å²) < 4.78 is 5.82. The fourth-order valence-electron chi connectivity index (χ4n) is 2.57. The normalized spacial score (nSPS) is 10.6. The van der Waals surface area contributed by atoms with Crippen LogP contribution in [-0.2, 0) is 4.79 Å². The van der Waals surface area contributed by atoms with Crippen LogP contribution in [0.5, 0.6) is 11.6 Å². The maximum atomic E-state index is 11.1. The standard InChI is InChI=1S/C21H23N5O2/c1-13(2)15-4-10-18(11-5-15)28-21-19(22)20(23-12-24-21)26-17-8-6-16(7-9-17)25-14(3)27/h4-13H,22H2,1-3H3,(H,25,27)(H,23,24,26). The minimum absolute atomic E-state index is 0.121. The predicted molar refractivity (Wildman–Crippen MR) is 111 cm³/mol. The Morgan fingerprint density at radius 3 is 2.25 bits per heavy atom. The number of hydrogen-bond acceptors (Lipinski definition) is 6. The smallest absolute Gasteiger partial charge is 0.248 e. The van der Waals surface area contributed by atoms with Crippen LogP contribution in [0.2, 0.25) is 0 Å². The minimum atomic E-state index is -0.121. The van der Waals surface area contributed by atoms with Gasteiger partial charge in [0.25, 0.3) is 0 Å². The van der Waals surface area contributed by atoms with Crippen molar-refractivity contribution in [2.75, 3.05) is 16.4 Å². The van der Waals surface area contributed by atoms with Crippen molar-refractivity contribution in [3.63, 3.8) is 0 Å². The summed E-state index contributed by atoms with van der Waals surface area (Å²) in [6, 6.07) is 15.0.